The maximum atomic E-state index is 13.1. The fourth-order valence-electron chi connectivity index (χ4n) is 5.93. The van der Waals surface area contributed by atoms with Gasteiger partial charge >= 0.3 is 0 Å². The highest BCUT2D eigenvalue weighted by molar-refractivity contribution is 7.80. The van der Waals surface area contributed by atoms with Gasteiger partial charge in [0.05, 0.1) is 5.41 Å². The van der Waals surface area contributed by atoms with Crippen LogP contribution in [0.15, 0.2) is 24.3 Å². The molecule has 4 fully saturated rings. The lowest BCUT2D eigenvalue weighted by Gasteiger charge is -2.55. The van der Waals surface area contributed by atoms with Gasteiger partial charge in [-0.25, -0.2) is 0 Å². The van der Waals surface area contributed by atoms with Crippen molar-refractivity contribution in [3.05, 3.63) is 29.8 Å². The summed E-state index contributed by atoms with van der Waals surface area (Å²) < 4.78 is 0. The average Bonchev–Trinajstić information content (AvgIpc) is 2.66. The Hall–Kier alpha value is -1.95. The molecule has 4 bridgehead atoms. The minimum atomic E-state index is -0.224. The van der Waals surface area contributed by atoms with Crippen LogP contribution < -0.4 is 16.0 Å². The molecule has 1 atom stereocenters. The molecule has 5 rings (SSSR count). The van der Waals surface area contributed by atoms with Crippen molar-refractivity contribution in [2.24, 2.45) is 23.2 Å². The number of hydrogen-bond donors (Lipinski definition) is 3. The highest BCUT2D eigenvalue weighted by Gasteiger charge is 2.54. The van der Waals surface area contributed by atoms with Crippen LogP contribution in [0.3, 0.4) is 0 Å². The number of carbonyl (C=O) groups excluding carboxylic acids is 2. The van der Waals surface area contributed by atoms with E-state index in [0.717, 1.165) is 25.7 Å². The van der Waals surface area contributed by atoms with Crippen LogP contribution >= 0.6 is 12.2 Å². The highest BCUT2D eigenvalue weighted by atomic mass is 32.1. The molecule has 0 radical (unpaired) electrons. The minimum absolute atomic E-state index is 0.0831. The third-order valence-corrected chi connectivity index (χ3v) is 7.32. The molecule has 29 heavy (non-hydrogen) atoms. The van der Waals surface area contributed by atoms with Crippen molar-refractivity contribution in [1.29, 1.82) is 0 Å². The van der Waals surface area contributed by atoms with E-state index in [-0.39, 0.29) is 23.3 Å². The molecule has 5 nitrogen and oxygen atoms in total. The van der Waals surface area contributed by atoms with Crippen LogP contribution in [0.1, 0.15) is 69.2 Å². The summed E-state index contributed by atoms with van der Waals surface area (Å²) in [4.78, 5) is 25.5. The summed E-state index contributed by atoms with van der Waals surface area (Å²) in [5.41, 5.74) is 1.06. The van der Waals surface area contributed by atoms with Gasteiger partial charge in [0.2, 0.25) is 5.91 Å². The molecule has 0 aromatic heterocycles. The van der Waals surface area contributed by atoms with Crippen molar-refractivity contribution in [2.45, 2.75) is 64.8 Å². The van der Waals surface area contributed by atoms with Gasteiger partial charge in [-0.05, 0) is 100 Å². The van der Waals surface area contributed by atoms with E-state index in [1.54, 1.807) is 12.1 Å². The second-order valence-electron chi connectivity index (χ2n) is 9.47. The number of rotatable bonds is 5. The first-order valence-corrected chi connectivity index (χ1v) is 11.3. The van der Waals surface area contributed by atoms with Crippen LogP contribution in [0.2, 0.25) is 0 Å². The van der Waals surface area contributed by atoms with Gasteiger partial charge in [-0.2, -0.15) is 0 Å². The first-order chi connectivity index (χ1) is 13.9. The Morgan fingerprint density at radius 2 is 1.76 bits per heavy atom. The molecule has 156 valence electrons. The van der Waals surface area contributed by atoms with Gasteiger partial charge in [-0.1, -0.05) is 13.0 Å². The molecule has 6 heteroatoms. The van der Waals surface area contributed by atoms with Crippen molar-refractivity contribution in [3.8, 4) is 0 Å². The predicted molar refractivity (Wildman–Crippen MR) is 119 cm³/mol. The smallest absolute Gasteiger partial charge is 0.251 e. The second kappa shape index (κ2) is 8.05. The molecule has 0 spiro atoms. The summed E-state index contributed by atoms with van der Waals surface area (Å²) in [5.74, 6) is 2.13. The van der Waals surface area contributed by atoms with E-state index in [9.17, 15) is 9.59 Å². The van der Waals surface area contributed by atoms with Gasteiger partial charge in [-0.3, -0.25) is 9.59 Å². The van der Waals surface area contributed by atoms with E-state index in [2.05, 4.69) is 16.0 Å². The summed E-state index contributed by atoms with van der Waals surface area (Å²) >= 11 is 5.42. The Bertz CT molecular complexity index is 787. The van der Waals surface area contributed by atoms with Crippen molar-refractivity contribution in [2.75, 3.05) is 5.32 Å². The monoisotopic (exact) mass is 413 g/mol. The molecule has 1 unspecified atom stereocenters. The number of nitrogens with one attached hydrogen (secondary N) is 3. The number of amides is 2. The Balaban J connectivity index is 1.37. The first-order valence-electron chi connectivity index (χ1n) is 10.9. The molecule has 3 N–H and O–H groups in total. The Kier molecular flexibility index (Phi) is 5.65. The summed E-state index contributed by atoms with van der Waals surface area (Å²) in [6.45, 7) is 4.02. The molecule has 1 aromatic carbocycles. The highest BCUT2D eigenvalue weighted by Crippen LogP contribution is 2.60. The molecule has 4 saturated carbocycles. The zero-order valence-corrected chi connectivity index (χ0v) is 18.1. The summed E-state index contributed by atoms with van der Waals surface area (Å²) in [5, 5.41) is 9.32. The molecule has 2 amide bonds. The topological polar surface area (TPSA) is 70.2 Å². The van der Waals surface area contributed by atoms with Crippen molar-refractivity contribution >= 4 is 34.8 Å². The van der Waals surface area contributed by atoms with Gasteiger partial charge in [-0.15, -0.1) is 0 Å². The largest absolute Gasteiger partial charge is 0.350 e. The standard InChI is InChI=1S/C23H31N3O2S/c1-3-14(2)24-20(27)18-5-4-6-19(10-18)25-22(29)26-21(28)23-11-15-7-16(12-23)9-17(8-15)13-23/h4-6,10,14-17H,3,7-9,11-13H2,1-2H3,(H,24,27)(H2,25,26,28,29). The Labute approximate surface area is 178 Å². The van der Waals surface area contributed by atoms with Gasteiger partial charge in [0, 0.05) is 17.3 Å². The predicted octanol–water partition coefficient (Wildman–Crippen LogP) is 4.24. The molecule has 0 aliphatic heterocycles. The lowest BCUT2D eigenvalue weighted by atomic mass is 9.49. The summed E-state index contributed by atoms with van der Waals surface area (Å²) in [7, 11) is 0. The molecule has 0 saturated heterocycles. The van der Waals surface area contributed by atoms with E-state index in [0.29, 0.717) is 34.1 Å². The van der Waals surface area contributed by atoms with E-state index in [4.69, 9.17) is 12.2 Å². The third kappa shape index (κ3) is 4.32. The van der Waals surface area contributed by atoms with Crippen LogP contribution in [0.5, 0.6) is 0 Å². The number of hydrogen-bond acceptors (Lipinski definition) is 3. The lowest BCUT2D eigenvalue weighted by Crippen LogP contribution is -2.55. The third-order valence-electron chi connectivity index (χ3n) is 7.12. The fraction of sp³-hybridized carbons (Fsp3) is 0.609. The van der Waals surface area contributed by atoms with Gasteiger partial charge < -0.3 is 16.0 Å². The molecular weight excluding hydrogens is 382 g/mol. The quantitative estimate of drug-likeness (QED) is 0.632. The van der Waals surface area contributed by atoms with Gasteiger partial charge in [0.25, 0.3) is 5.91 Å². The van der Waals surface area contributed by atoms with Crippen LogP contribution in [0.25, 0.3) is 0 Å². The average molecular weight is 414 g/mol. The molecule has 0 heterocycles. The van der Waals surface area contributed by atoms with Crippen molar-refractivity contribution in [3.63, 3.8) is 0 Å². The molecular formula is C23H31N3O2S. The van der Waals surface area contributed by atoms with E-state index >= 15 is 0 Å². The Morgan fingerprint density at radius 3 is 2.34 bits per heavy atom. The van der Waals surface area contributed by atoms with Gasteiger partial charge in [0.1, 0.15) is 0 Å². The lowest BCUT2D eigenvalue weighted by molar-refractivity contribution is -0.144. The summed E-state index contributed by atoms with van der Waals surface area (Å²) in [6.07, 6.45) is 7.84. The van der Waals surface area contributed by atoms with Crippen LogP contribution in [0, 0.1) is 23.2 Å². The molecule has 4 aliphatic carbocycles. The normalized spacial score (nSPS) is 30.5. The Morgan fingerprint density at radius 1 is 1.14 bits per heavy atom. The molecule has 1 aromatic rings. The van der Waals surface area contributed by atoms with E-state index < -0.39 is 0 Å². The first kappa shape index (κ1) is 20.3. The number of benzene rings is 1. The van der Waals surface area contributed by atoms with Gasteiger partial charge in [0.15, 0.2) is 5.11 Å². The molecule has 4 aliphatic rings. The van der Waals surface area contributed by atoms with E-state index in [1.807, 2.05) is 26.0 Å². The van der Waals surface area contributed by atoms with Crippen molar-refractivity contribution < 1.29 is 9.59 Å². The number of carbonyl (C=O) groups is 2. The zero-order chi connectivity index (χ0) is 20.6. The second-order valence-corrected chi connectivity index (χ2v) is 9.88. The zero-order valence-electron chi connectivity index (χ0n) is 17.3. The van der Waals surface area contributed by atoms with Crippen molar-refractivity contribution in [1.82, 2.24) is 10.6 Å². The fourth-order valence-corrected chi connectivity index (χ4v) is 6.14. The number of anilines is 1. The maximum Gasteiger partial charge on any atom is 0.251 e. The van der Waals surface area contributed by atoms with E-state index in [1.165, 1.54) is 19.3 Å². The van der Waals surface area contributed by atoms with Crippen LogP contribution in [-0.4, -0.2) is 23.0 Å². The minimum Gasteiger partial charge on any atom is -0.350 e. The SMILES string of the molecule is CCC(C)NC(=O)c1cccc(NC(=S)NC(=O)C23CC4CC(CC(C4)C2)C3)c1. The van der Waals surface area contributed by atoms with Crippen LogP contribution in [-0.2, 0) is 4.79 Å². The number of thiocarbonyl (C=S) groups is 1. The van der Waals surface area contributed by atoms with Crippen LogP contribution in [0.4, 0.5) is 5.69 Å². The summed E-state index contributed by atoms with van der Waals surface area (Å²) in [6, 6.07) is 7.33. The maximum absolute atomic E-state index is 13.1.